The van der Waals surface area contributed by atoms with E-state index in [4.69, 9.17) is 19.1 Å². The van der Waals surface area contributed by atoms with Gasteiger partial charge in [-0.3, -0.25) is 18.6 Å². The summed E-state index contributed by atoms with van der Waals surface area (Å²) in [5.74, 6) is -1.17. The zero-order valence-corrected chi connectivity index (χ0v) is 36.2. The molecule has 0 saturated heterocycles. The van der Waals surface area contributed by atoms with Crippen LogP contribution in [0.3, 0.4) is 0 Å². The van der Waals surface area contributed by atoms with Crippen LogP contribution in [-0.2, 0) is 32.7 Å². The van der Waals surface area contributed by atoms with Gasteiger partial charge in [0.25, 0.3) is 0 Å². The lowest BCUT2D eigenvalue weighted by atomic mass is 10.1. The van der Waals surface area contributed by atoms with Gasteiger partial charge in [-0.25, -0.2) is 4.57 Å². The first-order valence-electron chi connectivity index (χ1n) is 21.3. The monoisotopic (exact) mass is 835 g/mol. The van der Waals surface area contributed by atoms with Gasteiger partial charge in [0.1, 0.15) is 12.7 Å². The van der Waals surface area contributed by atoms with Crippen molar-refractivity contribution in [2.24, 2.45) is 0 Å². The van der Waals surface area contributed by atoms with Crippen LogP contribution in [0, 0.1) is 0 Å². The molecule has 1 unspecified atom stereocenters. The summed E-state index contributed by atoms with van der Waals surface area (Å²) >= 11 is 0. The molecule has 0 heterocycles. The standard InChI is InChI=1S/C46H75O11P/c1-3-5-7-9-11-13-15-17-18-19-20-22-24-26-28-30-32-36-45(50)54-40-44(41-56-58(52,53)55-39-43(49)38-47)57-46(51)37-33-35-42(48)34-31-29-27-25-23-21-16-14-12-10-8-6-4-2/h5,7,11-14,17-18,20-23,27,29,31,34,42-44,47-49H,3-4,6,8-10,15-16,19,24-26,28,30,32-33,35-41H2,1-2H3,(H,52,53)/b7-5-,13-11-,14-12-,18-17-,22-20-,23-21-,29-27-,34-31+/t42-,43-,44+/m0/s1. The largest absolute Gasteiger partial charge is 0.472 e. The van der Waals surface area contributed by atoms with E-state index in [1.54, 1.807) is 12.2 Å². The molecule has 0 aliphatic rings. The first-order chi connectivity index (χ1) is 28.1. The molecule has 0 aromatic heterocycles. The van der Waals surface area contributed by atoms with Gasteiger partial charge in [0.05, 0.1) is 25.9 Å². The van der Waals surface area contributed by atoms with Crippen LogP contribution in [0.25, 0.3) is 0 Å². The second-order valence-corrected chi connectivity index (χ2v) is 15.3. The highest BCUT2D eigenvalue weighted by Crippen LogP contribution is 2.43. The lowest BCUT2D eigenvalue weighted by Gasteiger charge is -2.20. The number of hydrogen-bond acceptors (Lipinski definition) is 10. The molecular weight excluding hydrogens is 759 g/mol. The summed E-state index contributed by atoms with van der Waals surface area (Å²) in [6.45, 7) is 1.96. The number of carbonyl (C=O) groups is 2. The van der Waals surface area contributed by atoms with Gasteiger partial charge in [0, 0.05) is 12.8 Å². The molecule has 4 N–H and O–H groups in total. The minimum Gasteiger partial charge on any atom is -0.462 e. The fourth-order valence-corrected chi connectivity index (χ4v) is 5.82. The van der Waals surface area contributed by atoms with Crippen molar-refractivity contribution in [2.45, 2.75) is 154 Å². The first kappa shape index (κ1) is 54.9. The van der Waals surface area contributed by atoms with Gasteiger partial charge in [-0.05, 0) is 83.5 Å². The Kier molecular flexibility index (Phi) is 38.4. The van der Waals surface area contributed by atoms with E-state index in [1.165, 1.54) is 19.3 Å². The molecule has 0 amide bonds. The van der Waals surface area contributed by atoms with E-state index in [-0.39, 0.29) is 12.8 Å². The van der Waals surface area contributed by atoms with Crippen LogP contribution in [0.1, 0.15) is 136 Å². The van der Waals surface area contributed by atoms with Crippen molar-refractivity contribution in [3.63, 3.8) is 0 Å². The Morgan fingerprint density at radius 2 is 1.14 bits per heavy atom. The summed E-state index contributed by atoms with van der Waals surface area (Å²) in [6.07, 6.45) is 45.4. The molecule has 0 saturated carbocycles. The van der Waals surface area contributed by atoms with E-state index in [2.05, 4.69) is 91.3 Å². The minimum atomic E-state index is -4.68. The highest BCUT2D eigenvalue weighted by Gasteiger charge is 2.27. The fourth-order valence-electron chi connectivity index (χ4n) is 5.03. The molecule has 0 rings (SSSR count). The van der Waals surface area contributed by atoms with Crippen molar-refractivity contribution in [3.8, 4) is 0 Å². The number of hydrogen-bond donors (Lipinski definition) is 4. The number of aliphatic hydroxyl groups excluding tert-OH is 3. The molecule has 4 atom stereocenters. The molecule has 0 fully saturated rings. The highest BCUT2D eigenvalue weighted by molar-refractivity contribution is 7.47. The van der Waals surface area contributed by atoms with Crippen LogP contribution in [0.5, 0.6) is 0 Å². The van der Waals surface area contributed by atoms with Crippen LogP contribution < -0.4 is 0 Å². The van der Waals surface area contributed by atoms with Gasteiger partial charge >= 0.3 is 19.8 Å². The predicted octanol–water partition coefficient (Wildman–Crippen LogP) is 10.2. The Bertz CT molecular complexity index is 1300. The number of rotatable bonds is 38. The Morgan fingerprint density at radius 1 is 0.603 bits per heavy atom. The topological polar surface area (TPSA) is 169 Å². The molecular formula is C46H75O11P. The maximum atomic E-state index is 12.6. The van der Waals surface area contributed by atoms with E-state index in [9.17, 15) is 29.3 Å². The van der Waals surface area contributed by atoms with E-state index < -0.39 is 64.5 Å². The Labute approximate surface area is 349 Å². The predicted molar refractivity (Wildman–Crippen MR) is 234 cm³/mol. The van der Waals surface area contributed by atoms with E-state index in [0.717, 1.165) is 70.6 Å². The molecule has 0 aromatic carbocycles. The fraction of sp³-hybridized carbons (Fsp3) is 0.609. The Balaban J connectivity index is 4.57. The third-order valence-electron chi connectivity index (χ3n) is 8.33. The van der Waals surface area contributed by atoms with Crippen LogP contribution in [0.2, 0.25) is 0 Å². The number of carbonyl (C=O) groups excluding carboxylic acids is 2. The molecule has 0 spiro atoms. The number of phosphoric ester groups is 1. The van der Waals surface area contributed by atoms with Crippen molar-refractivity contribution in [3.05, 3.63) is 97.2 Å². The van der Waals surface area contributed by atoms with Crippen LogP contribution in [-0.4, -0.2) is 76.9 Å². The highest BCUT2D eigenvalue weighted by atomic mass is 31.2. The molecule has 58 heavy (non-hydrogen) atoms. The van der Waals surface area contributed by atoms with E-state index in [0.29, 0.717) is 19.3 Å². The summed E-state index contributed by atoms with van der Waals surface area (Å²) in [4.78, 5) is 35.0. The maximum absolute atomic E-state index is 12.6. The number of aliphatic hydroxyl groups is 3. The molecule has 12 heteroatoms. The number of unbranched alkanes of at least 4 members (excludes halogenated alkanes) is 7. The first-order valence-corrected chi connectivity index (χ1v) is 22.8. The molecule has 0 aliphatic carbocycles. The second kappa shape index (κ2) is 40.6. The quantitative estimate of drug-likeness (QED) is 0.0154. The van der Waals surface area contributed by atoms with Gasteiger partial charge in [-0.15, -0.1) is 0 Å². The van der Waals surface area contributed by atoms with Crippen molar-refractivity contribution >= 4 is 19.8 Å². The van der Waals surface area contributed by atoms with Gasteiger partial charge in [0.15, 0.2) is 6.10 Å². The summed E-state index contributed by atoms with van der Waals surface area (Å²) in [5.41, 5.74) is 0. The summed E-state index contributed by atoms with van der Waals surface area (Å²) < 4.78 is 32.5. The van der Waals surface area contributed by atoms with E-state index >= 15 is 0 Å². The number of esters is 2. The normalized spacial score (nSPS) is 15.3. The van der Waals surface area contributed by atoms with Gasteiger partial charge in [-0.2, -0.15) is 0 Å². The summed E-state index contributed by atoms with van der Waals surface area (Å²) in [7, 11) is -4.68. The van der Waals surface area contributed by atoms with Gasteiger partial charge < -0.3 is 29.7 Å². The summed E-state index contributed by atoms with van der Waals surface area (Å²) in [6, 6.07) is 0. The molecule has 11 nitrogen and oxygen atoms in total. The average molecular weight is 835 g/mol. The summed E-state index contributed by atoms with van der Waals surface area (Å²) in [5, 5.41) is 28.6. The lowest BCUT2D eigenvalue weighted by Crippen LogP contribution is -2.30. The van der Waals surface area contributed by atoms with Crippen molar-refractivity contribution in [1.29, 1.82) is 0 Å². The van der Waals surface area contributed by atoms with Gasteiger partial charge in [-0.1, -0.05) is 137 Å². The smallest absolute Gasteiger partial charge is 0.462 e. The number of allylic oxidation sites excluding steroid dienone is 15. The third kappa shape index (κ3) is 39.7. The van der Waals surface area contributed by atoms with Crippen molar-refractivity contribution in [2.75, 3.05) is 26.4 Å². The zero-order chi connectivity index (χ0) is 42.8. The number of ether oxygens (including phenoxy) is 2. The van der Waals surface area contributed by atoms with Crippen LogP contribution >= 0.6 is 7.82 Å². The van der Waals surface area contributed by atoms with Crippen LogP contribution in [0.15, 0.2) is 97.2 Å². The van der Waals surface area contributed by atoms with Crippen molar-refractivity contribution < 1.29 is 52.9 Å². The third-order valence-corrected chi connectivity index (χ3v) is 9.28. The van der Waals surface area contributed by atoms with Crippen molar-refractivity contribution in [1.82, 2.24) is 0 Å². The number of phosphoric acid groups is 1. The van der Waals surface area contributed by atoms with Crippen LogP contribution in [0.4, 0.5) is 0 Å². The molecule has 0 aromatic rings. The SMILES string of the molecule is CC/C=C\C/C=C\C/C=C\C/C=C\CCCCCCC(=O)OC[C@H](COP(=O)(O)OC[C@@H](O)CO)OC(=O)CCC[C@@H](O)/C=C/C=C\C/C=C\C/C=C\CCCCC. The maximum Gasteiger partial charge on any atom is 0.472 e. The Morgan fingerprint density at radius 3 is 1.74 bits per heavy atom. The second-order valence-electron chi connectivity index (χ2n) is 13.8. The lowest BCUT2D eigenvalue weighted by molar-refractivity contribution is -0.161. The zero-order valence-electron chi connectivity index (χ0n) is 35.3. The van der Waals surface area contributed by atoms with Gasteiger partial charge in [0.2, 0.25) is 0 Å². The molecule has 0 aliphatic heterocycles. The van der Waals surface area contributed by atoms with E-state index in [1.807, 2.05) is 12.2 Å². The molecule has 0 bridgehead atoms. The molecule has 330 valence electrons. The minimum absolute atomic E-state index is 0.0556. The molecule has 0 radical (unpaired) electrons. The average Bonchev–Trinajstić information content (AvgIpc) is 3.20. The Hall–Kier alpha value is -3.15.